The van der Waals surface area contributed by atoms with Crippen molar-refractivity contribution < 1.29 is 22.3 Å². The van der Waals surface area contributed by atoms with Gasteiger partial charge in [0.05, 0.1) is 30.6 Å². The number of nitrogens with zero attached hydrogens (tertiary/aromatic N) is 2. The maximum absolute atomic E-state index is 15.0. The number of alkyl halides is 5. The zero-order chi connectivity index (χ0) is 27.5. The minimum Gasteiger partial charge on any atom is -0.495 e. The van der Waals surface area contributed by atoms with Crippen molar-refractivity contribution in [2.24, 2.45) is 0 Å². The van der Waals surface area contributed by atoms with Crippen LogP contribution in [0.3, 0.4) is 0 Å². The Kier molecular flexibility index (Phi) is 8.94. The van der Waals surface area contributed by atoms with E-state index in [0.29, 0.717) is 28.8 Å². The van der Waals surface area contributed by atoms with Crippen molar-refractivity contribution in [3.63, 3.8) is 0 Å². The number of thioether (sulfide) groups is 1. The van der Waals surface area contributed by atoms with Gasteiger partial charge in [-0.15, -0.1) is 11.8 Å². The molecular formula is C27H29F4IN4OS. The van der Waals surface area contributed by atoms with E-state index in [-0.39, 0.29) is 18.8 Å². The van der Waals surface area contributed by atoms with E-state index in [1.807, 2.05) is 36.4 Å². The van der Waals surface area contributed by atoms with Crippen molar-refractivity contribution >= 4 is 56.6 Å². The SMILES string of the molecule is COc1cc(SC)ccc1NCC#Cc1cc2c(N[C@]3(I)CCN(C)C[C@H]3F)cccc2n1CC(F)(F)F. The Morgan fingerprint density at radius 3 is 2.68 bits per heavy atom. The average Bonchev–Trinajstić information content (AvgIpc) is 3.21. The highest BCUT2D eigenvalue weighted by Crippen LogP contribution is 2.38. The molecule has 2 N–H and O–H groups in total. The number of piperidine rings is 1. The number of halogens is 5. The second kappa shape index (κ2) is 11.8. The molecule has 1 fully saturated rings. The molecule has 5 nitrogen and oxygen atoms in total. The van der Waals surface area contributed by atoms with Crippen LogP contribution >= 0.6 is 34.4 Å². The van der Waals surface area contributed by atoms with Crippen molar-refractivity contribution in [2.75, 3.05) is 50.7 Å². The van der Waals surface area contributed by atoms with Crippen LogP contribution in [0.25, 0.3) is 10.9 Å². The summed E-state index contributed by atoms with van der Waals surface area (Å²) in [7, 11) is 3.45. The standard InChI is InChI=1S/C27H29F4IN4OS/c1-35-13-11-26(32,25(28)16-35)34-21-7-4-8-23-20(21)14-18(36(23)17-27(29,30)31)6-5-12-33-22-10-9-19(38-3)15-24(22)37-2/h4,7-10,14-15,25,33-34H,11-13,16-17H2,1-3H3/t25-,26-/m1/s1. The third-order valence-corrected chi connectivity index (χ3v) is 8.65. The predicted octanol–water partition coefficient (Wildman–Crippen LogP) is 6.61. The van der Waals surface area contributed by atoms with Gasteiger partial charge < -0.3 is 24.8 Å². The van der Waals surface area contributed by atoms with Gasteiger partial charge in [-0.1, -0.05) is 34.6 Å². The number of rotatable bonds is 7. The Balaban J connectivity index is 1.63. The Hall–Kier alpha value is -2.30. The van der Waals surface area contributed by atoms with E-state index in [2.05, 4.69) is 45.1 Å². The first-order chi connectivity index (χ1) is 18.0. The lowest BCUT2D eigenvalue weighted by molar-refractivity contribution is -0.140. The summed E-state index contributed by atoms with van der Waals surface area (Å²) in [5.74, 6) is 6.51. The lowest BCUT2D eigenvalue weighted by atomic mass is 10.0. The number of fused-ring (bicyclic) bond motifs is 1. The van der Waals surface area contributed by atoms with E-state index < -0.39 is 22.4 Å². The van der Waals surface area contributed by atoms with Crippen LogP contribution in [0.2, 0.25) is 0 Å². The smallest absolute Gasteiger partial charge is 0.406 e. The summed E-state index contributed by atoms with van der Waals surface area (Å²) in [6.45, 7) is 0.0419. The highest BCUT2D eigenvalue weighted by atomic mass is 127. The Morgan fingerprint density at radius 1 is 1.21 bits per heavy atom. The third-order valence-electron chi connectivity index (χ3n) is 6.44. The van der Waals surface area contributed by atoms with Crippen molar-refractivity contribution in [3.05, 3.63) is 48.2 Å². The summed E-state index contributed by atoms with van der Waals surface area (Å²) < 4.78 is 61.4. The quantitative estimate of drug-likeness (QED) is 0.0746. The zero-order valence-corrected chi connectivity index (χ0v) is 24.2. The molecule has 2 heterocycles. The molecule has 1 aromatic heterocycles. The molecule has 0 unspecified atom stereocenters. The molecule has 11 heteroatoms. The summed E-state index contributed by atoms with van der Waals surface area (Å²) in [5.41, 5.74) is 1.96. The van der Waals surface area contributed by atoms with E-state index in [1.165, 1.54) is 4.57 Å². The molecule has 0 radical (unpaired) electrons. The number of benzene rings is 2. The number of hydrogen-bond acceptors (Lipinski definition) is 5. The zero-order valence-electron chi connectivity index (χ0n) is 21.3. The fourth-order valence-corrected chi connectivity index (χ4v) is 5.61. The molecule has 1 aliphatic heterocycles. The van der Waals surface area contributed by atoms with Gasteiger partial charge in [0.2, 0.25) is 0 Å². The summed E-state index contributed by atoms with van der Waals surface area (Å²) >= 11 is 3.69. The average molecular weight is 661 g/mol. The number of hydrogen-bond donors (Lipinski definition) is 2. The molecule has 0 spiro atoms. The molecule has 0 bridgehead atoms. The van der Waals surface area contributed by atoms with Crippen LogP contribution in [-0.4, -0.2) is 65.4 Å². The van der Waals surface area contributed by atoms with Crippen LogP contribution in [0, 0.1) is 11.8 Å². The van der Waals surface area contributed by atoms with Crippen molar-refractivity contribution in [1.82, 2.24) is 9.47 Å². The molecule has 1 aliphatic rings. The summed E-state index contributed by atoms with van der Waals surface area (Å²) in [5, 5.41) is 7.04. The van der Waals surface area contributed by atoms with E-state index in [0.717, 1.165) is 17.1 Å². The Labute approximate surface area is 237 Å². The number of likely N-dealkylation sites (tertiary alicyclic amines) is 1. The number of ether oxygens (including phenoxy) is 1. The molecule has 204 valence electrons. The highest BCUT2D eigenvalue weighted by molar-refractivity contribution is 14.1. The Morgan fingerprint density at radius 2 is 2.00 bits per heavy atom. The van der Waals surface area contributed by atoms with E-state index >= 15 is 4.39 Å². The van der Waals surface area contributed by atoms with Gasteiger partial charge in [0.25, 0.3) is 0 Å². The molecule has 1 saturated heterocycles. The summed E-state index contributed by atoms with van der Waals surface area (Å²) in [6, 6.07) is 12.5. The largest absolute Gasteiger partial charge is 0.495 e. The monoisotopic (exact) mass is 660 g/mol. The molecule has 2 aromatic carbocycles. The minimum absolute atomic E-state index is 0.210. The fraction of sp³-hybridized carbons (Fsp3) is 0.407. The minimum atomic E-state index is -4.43. The number of anilines is 2. The Bertz CT molecular complexity index is 1350. The maximum atomic E-state index is 15.0. The van der Waals surface area contributed by atoms with Gasteiger partial charge in [-0.3, -0.25) is 0 Å². The second-order valence-corrected chi connectivity index (χ2v) is 12.0. The third kappa shape index (κ3) is 6.63. The first-order valence-electron chi connectivity index (χ1n) is 12.0. The molecule has 0 amide bonds. The van der Waals surface area contributed by atoms with Gasteiger partial charge >= 0.3 is 6.18 Å². The molecule has 4 rings (SSSR count). The van der Waals surface area contributed by atoms with E-state index in [4.69, 9.17) is 4.74 Å². The maximum Gasteiger partial charge on any atom is 0.406 e. The molecule has 0 saturated carbocycles. The van der Waals surface area contributed by atoms with Crippen molar-refractivity contribution in [3.8, 4) is 17.6 Å². The van der Waals surface area contributed by atoms with Crippen molar-refractivity contribution in [2.45, 2.75) is 33.8 Å². The van der Waals surface area contributed by atoms with E-state index in [1.54, 1.807) is 43.1 Å². The first-order valence-corrected chi connectivity index (χ1v) is 14.3. The topological polar surface area (TPSA) is 41.5 Å². The van der Waals surface area contributed by atoms with Gasteiger partial charge in [0, 0.05) is 29.1 Å². The summed E-state index contributed by atoms with van der Waals surface area (Å²) in [4.78, 5) is 2.98. The normalized spacial score (nSPS) is 20.2. The van der Waals surface area contributed by atoms with E-state index in [9.17, 15) is 13.2 Å². The van der Waals surface area contributed by atoms with Gasteiger partial charge in [0.15, 0.2) is 0 Å². The van der Waals surface area contributed by atoms with Crippen LogP contribution < -0.4 is 15.4 Å². The molecule has 0 aliphatic carbocycles. The van der Waals surface area contributed by atoms with Crippen LogP contribution in [0.5, 0.6) is 5.75 Å². The molecule has 2 atom stereocenters. The first kappa shape index (κ1) is 28.7. The molecule has 3 aromatic rings. The number of nitrogens with one attached hydrogen (secondary N) is 2. The molecule has 38 heavy (non-hydrogen) atoms. The lowest BCUT2D eigenvalue weighted by Gasteiger charge is -2.40. The number of methoxy groups -OCH3 is 1. The lowest BCUT2D eigenvalue weighted by Crippen LogP contribution is -2.52. The van der Waals surface area contributed by atoms with Crippen LogP contribution in [0.4, 0.5) is 28.9 Å². The van der Waals surface area contributed by atoms with Gasteiger partial charge in [-0.05, 0) is 62.0 Å². The number of aromatic nitrogens is 1. The fourth-order valence-electron chi connectivity index (χ4n) is 4.45. The van der Waals surface area contributed by atoms with Gasteiger partial charge in [-0.2, -0.15) is 13.2 Å². The van der Waals surface area contributed by atoms with Crippen LogP contribution in [0.15, 0.2) is 47.4 Å². The predicted molar refractivity (Wildman–Crippen MR) is 156 cm³/mol. The van der Waals surface area contributed by atoms with Gasteiger partial charge in [0.1, 0.15) is 22.0 Å². The van der Waals surface area contributed by atoms with Crippen molar-refractivity contribution in [1.29, 1.82) is 0 Å². The van der Waals surface area contributed by atoms with Crippen LogP contribution in [-0.2, 0) is 6.54 Å². The second-order valence-electron chi connectivity index (χ2n) is 9.16. The molecular weight excluding hydrogens is 631 g/mol. The van der Waals surface area contributed by atoms with Crippen LogP contribution in [0.1, 0.15) is 12.1 Å². The highest BCUT2D eigenvalue weighted by Gasteiger charge is 2.41. The summed E-state index contributed by atoms with van der Waals surface area (Å²) in [6.07, 6.45) is -3.04. The van der Waals surface area contributed by atoms with Gasteiger partial charge in [-0.25, -0.2) is 4.39 Å².